The number of nitrogens with zero attached hydrogens (tertiary/aromatic N) is 2. The summed E-state index contributed by atoms with van der Waals surface area (Å²) < 4.78 is 16.5. The van der Waals surface area contributed by atoms with Crippen molar-refractivity contribution in [2.45, 2.75) is 19.9 Å². The molecule has 2 aromatic carbocycles. The van der Waals surface area contributed by atoms with Crippen LogP contribution in [0.4, 0.5) is 4.39 Å². The fourth-order valence-electron chi connectivity index (χ4n) is 2.48. The van der Waals surface area contributed by atoms with Gasteiger partial charge in [-0.05, 0) is 50.2 Å². The van der Waals surface area contributed by atoms with Crippen LogP contribution < -0.4 is 5.69 Å². The summed E-state index contributed by atoms with van der Waals surface area (Å²) in [7, 11) is 0. The number of benzene rings is 2. The van der Waals surface area contributed by atoms with Crippen LogP contribution in [0, 0.1) is 5.82 Å². The normalized spacial score (nSPS) is 11.1. The molecule has 0 bridgehead atoms. The number of rotatable bonds is 3. The Morgan fingerprint density at radius 2 is 1.59 bits per heavy atom. The van der Waals surface area contributed by atoms with Gasteiger partial charge in [-0.25, -0.2) is 9.18 Å². The molecule has 0 aliphatic carbocycles. The van der Waals surface area contributed by atoms with Crippen molar-refractivity contribution in [3.63, 3.8) is 0 Å². The Bertz CT molecular complexity index is 830. The van der Waals surface area contributed by atoms with E-state index in [1.165, 1.54) is 12.1 Å². The second kappa shape index (κ2) is 5.64. The van der Waals surface area contributed by atoms with Crippen molar-refractivity contribution in [2.75, 3.05) is 0 Å². The van der Waals surface area contributed by atoms with Crippen LogP contribution in [0.15, 0.2) is 65.6 Å². The van der Waals surface area contributed by atoms with Gasteiger partial charge in [-0.2, -0.15) is 0 Å². The van der Waals surface area contributed by atoms with Crippen molar-refractivity contribution in [3.8, 4) is 16.9 Å². The molecule has 1 heterocycles. The predicted molar refractivity (Wildman–Crippen MR) is 85.8 cm³/mol. The molecule has 0 saturated heterocycles. The molecule has 0 aliphatic rings. The average molecular weight is 296 g/mol. The van der Waals surface area contributed by atoms with Gasteiger partial charge in [0, 0.05) is 17.8 Å². The maximum Gasteiger partial charge on any atom is 0.333 e. The van der Waals surface area contributed by atoms with Crippen LogP contribution >= 0.6 is 0 Å². The SMILES string of the molecule is CC(C)n1cc(-c2ccc(F)cc2)n(-c2ccccc2)c1=O. The van der Waals surface area contributed by atoms with Gasteiger partial charge in [0.25, 0.3) is 0 Å². The fourth-order valence-corrected chi connectivity index (χ4v) is 2.48. The lowest BCUT2D eigenvalue weighted by Crippen LogP contribution is -2.24. The minimum Gasteiger partial charge on any atom is -0.296 e. The molecule has 3 aromatic rings. The van der Waals surface area contributed by atoms with E-state index < -0.39 is 0 Å². The zero-order valence-corrected chi connectivity index (χ0v) is 12.5. The molecule has 0 radical (unpaired) electrons. The molecule has 4 heteroatoms. The van der Waals surface area contributed by atoms with Gasteiger partial charge in [-0.3, -0.25) is 9.13 Å². The van der Waals surface area contributed by atoms with E-state index in [0.29, 0.717) is 0 Å². The second-order valence-corrected chi connectivity index (χ2v) is 5.48. The second-order valence-electron chi connectivity index (χ2n) is 5.48. The summed E-state index contributed by atoms with van der Waals surface area (Å²) in [6.07, 6.45) is 1.83. The molecule has 22 heavy (non-hydrogen) atoms. The third-order valence-corrected chi connectivity index (χ3v) is 3.63. The van der Waals surface area contributed by atoms with Gasteiger partial charge >= 0.3 is 5.69 Å². The topological polar surface area (TPSA) is 26.9 Å². The van der Waals surface area contributed by atoms with Crippen LogP contribution in [-0.4, -0.2) is 9.13 Å². The van der Waals surface area contributed by atoms with Crippen LogP contribution in [0.3, 0.4) is 0 Å². The van der Waals surface area contributed by atoms with Gasteiger partial charge in [0.2, 0.25) is 0 Å². The maximum atomic E-state index is 13.2. The quantitative estimate of drug-likeness (QED) is 0.717. The molecule has 0 spiro atoms. The van der Waals surface area contributed by atoms with Crippen LogP contribution in [0.5, 0.6) is 0 Å². The van der Waals surface area contributed by atoms with Gasteiger partial charge in [0.15, 0.2) is 0 Å². The van der Waals surface area contributed by atoms with Crippen molar-refractivity contribution >= 4 is 0 Å². The van der Waals surface area contributed by atoms with E-state index in [1.807, 2.05) is 50.4 Å². The molecule has 0 amide bonds. The predicted octanol–water partition coefficient (Wildman–Crippen LogP) is 4.03. The zero-order chi connectivity index (χ0) is 15.7. The Hall–Kier alpha value is -2.62. The molecule has 112 valence electrons. The summed E-state index contributed by atoms with van der Waals surface area (Å²) in [6, 6.07) is 15.7. The van der Waals surface area contributed by atoms with Gasteiger partial charge in [-0.15, -0.1) is 0 Å². The number of imidazole rings is 1. The lowest BCUT2D eigenvalue weighted by atomic mass is 10.1. The third-order valence-electron chi connectivity index (χ3n) is 3.63. The van der Waals surface area contributed by atoms with Crippen molar-refractivity contribution in [1.82, 2.24) is 9.13 Å². The van der Waals surface area contributed by atoms with Crippen molar-refractivity contribution in [2.24, 2.45) is 0 Å². The molecule has 0 N–H and O–H groups in total. The van der Waals surface area contributed by atoms with E-state index in [-0.39, 0.29) is 17.5 Å². The molecular formula is C18H17FN2O. The molecule has 3 nitrogen and oxygen atoms in total. The number of aromatic nitrogens is 2. The van der Waals surface area contributed by atoms with E-state index >= 15 is 0 Å². The molecule has 0 saturated carbocycles. The van der Waals surface area contributed by atoms with Crippen molar-refractivity contribution in [1.29, 1.82) is 0 Å². The zero-order valence-electron chi connectivity index (χ0n) is 12.5. The minimum atomic E-state index is -0.291. The molecule has 3 rings (SSSR count). The summed E-state index contributed by atoms with van der Waals surface area (Å²) in [5.41, 5.74) is 2.26. The summed E-state index contributed by atoms with van der Waals surface area (Å²) in [6.45, 7) is 3.93. The summed E-state index contributed by atoms with van der Waals surface area (Å²) >= 11 is 0. The van der Waals surface area contributed by atoms with Gasteiger partial charge in [0.1, 0.15) is 5.82 Å². The highest BCUT2D eigenvalue weighted by molar-refractivity contribution is 5.62. The van der Waals surface area contributed by atoms with Gasteiger partial charge in [-0.1, -0.05) is 18.2 Å². The summed E-state index contributed by atoms with van der Waals surface area (Å²) in [5, 5.41) is 0. The Balaban J connectivity index is 2.27. The number of hydrogen-bond donors (Lipinski definition) is 0. The van der Waals surface area contributed by atoms with Crippen LogP contribution in [0.1, 0.15) is 19.9 Å². The molecule has 0 atom stereocenters. The lowest BCUT2D eigenvalue weighted by molar-refractivity contribution is 0.574. The van der Waals surface area contributed by atoms with Gasteiger partial charge in [0.05, 0.1) is 11.4 Å². The number of halogens is 1. The van der Waals surface area contributed by atoms with Crippen molar-refractivity contribution < 1.29 is 4.39 Å². The number of para-hydroxylation sites is 1. The molecule has 0 unspecified atom stereocenters. The summed E-state index contributed by atoms with van der Waals surface area (Å²) in [5.74, 6) is -0.291. The third kappa shape index (κ3) is 2.48. The van der Waals surface area contributed by atoms with E-state index in [2.05, 4.69) is 0 Å². The Morgan fingerprint density at radius 3 is 2.18 bits per heavy atom. The smallest absolute Gasteiger partial charge is 0.296 e. The fraction of sp³-hybridized carbons (Fsp3) is 0.167. The first-order valence-corrected chi connectivity index (χ1v) is 7.23. The van der Waals surface area contributed by atoms with E-state index in [1.54, 1.807) is 21.3 Å². The highest BCUT2D eigenvalue weighted by Gasteiger charge is 2.16. The van der Waals surface area contributed by atoms with Crippen LogP contribution in [0.25, 0.3) is 16.9 Å². The first-order chi connectivity index (χ1) is 10.6. The Kier molecular flexibility index (Phi) is 3.67. The van der Waals surface area contributed by atoms with E-state index in [0.717, 1.165) is 16.9 Å². The molecule has 1 aromatic heterocycles. The number of hydrogen-bond acceptors (Lipinski definition) is 1. The highest BCUT2D eigenvalue weighted by Crippen LogP contribution is 2.23. The monoisotopic (exact) mass is 296 g/mol. The first-order valence-electron chi connectivity index (χ1n) is 7.23. The van der Waals surface area contributed by atoms with E-state index in [9.17, 15) is 9.18 Å². The maximum absolute atomic E-state index is 13.2. The minimum absolute atomic E-state index is 0.0525. The largest absolute Gasteiger partial charge is 0.333 e. The first kappa shape index (κ1) is 14.3. The van der Waals surface area contributed by atoms with Gasteiger partial charge < -0.3 is 0 Å². The Morgan fingerprint density at radius 1 is 0.955 bits per heavy atom. The van der Waals surface area contributed by atoms with Crippen LogP contribution in [0.2, 0.25) is 0 Å². The van der Waals surface area contributed by atoms with Crippen LogP contribution in [-0.2, 0) is 0 Å². The molecule has 0 aliphatic heterocycles. The Labute approximate surface area is 128 Å². The summed E-state index contributed by atoms with van der Waals surface area (Å²) in [4.78, 5) is 12.7. The lowest BCUT2D eigenvalue weighted by Gasteiger charge is -2.07. The molecule has 0 fully saturated rings. The highest BCUT2D eigenvalue weighted by atomic mass is 19.1. The van der Waals surface area contributed by atoms with E-state index in [4.69, 9.17) is 0 Å². The molecular weight excluding hydrogens is 279 g/mol. The standard InChI is InChI=1S/C18H17FN2O/c1-13(2)20-12-17(14-8-10-15(19)11-9-14)21(18(20)22)16-6-4-3-5-7-16/h3-13H,1-2H3. The average Bonchev–Trinajstić information content (AvgIpc) is 2.86. The van der Waals surface area contributed by atoms with Crippen molar-refractivity contribution in [3.05, 3.63) is 77.1 Å².